The van der Waals surface area contributed by atoms with Gasteiger partial charge in [0.2, 0.25) is 5.91 Å². The topological polar surface area (TPSA) is 56.7 Å². The van der Waals surface area contributed by atoms with Gasteiger partial charge in [0.15, 0.2) is 5.96 Å². The molecule has 0 atom stereocenters. The number of amides is 1. The zero-order chi connectivity index (χ0) is 16.1. The van der Waals surface area contributed by atoms with Crippen molar-refractivity contribution < 1.29 is 4.79 Å². The van der Waals surface area contributed by atoms with Crippen molar-refractivity contribution in [3.63, 3.8) is 0 Å². The van der Waals surface area contributed by atoms with E-state index in [0.717, 1.165) is 25.6 Å². The standard InChI is InChI=1S/C16H32N4O/c1-7-17-14(20-11-8-16(5,6)12-20)19-10-9-18-13(21)15(2,3)4/h7-12H2,1-6H3,(H,17,19)(H,18,21). The molecule has 0 aromatic heterocycles. The van der Waals surface area contributed by atoms with Crippen molar-refractivity contribution in [1.29, 1.82) is 0 Å². The third kappa shape index (κ3) is 5.94. The molecule has 1 fully saturated rings. The lowest BCUT2D eigenvalue weighted by atomic mass is 9.93. The predicted molar refractivity (Wildman–Crippen MR) is 88.4 cm³/mol. The Morgan fingerprint density at radius 2 is 1.95 bits per heavy atom. The number of likely N-dealkylation sites (tertiary alicyclic amines) is 1. The van der Waals surface area contributed by atoms with Crippen molar-refractivity contribution in [3.8, 4) is 0 Å². The molecule has 0 aromatic rings. The molecular weight excluding hydrogens is 264 g/mol. The molecule has 1 heterocycles. The van der Waals surface area contributed by atoms with Gasteiger partial charge in [0.1, 0.15) is 0 Å². The summed E-state index contributed by atoms with van der Waals surface area (Å²) in [5, 5.41) is 6.28. The summed E-state index contributed by atoms with van der Waals surface area (Å²) in [6.45, 7) is 16.6. The Morgan fingerprint density at radius 1 is 1.29 bits per heavy atom. The van der Waals surface area contributed by atoms with E-state index >= 15 is 0 Å². The molecule has 0 spiro atoms. The molecule has 5 nitrogen and oxygen atoms in total. The highest BCUT2D eigenvalue weighted by Crippen LogP contribution is 2.28. The fourth-order valence-corrected chi connectivity index (χ4v) is 2.32. The van der Waals surface area contributed by atoms with Gasteiger partial charge in [0.25, 0.3) is 0 Å². The highest BCUT2D eigenvalue weighted by molar-refractivity contribution is 5.81. The molecule has 122 valence electrons. The Hall–Kier alpha value is -1.26. The van der Waals surface area contributed by atoms with Crippen LogP contribution in [0.5, 0.6) is 0 Å². The van der Waals surface area contributed by atoms with Crippen molar-refractivity contribution in [2.24, 2.45) is 15.8 Å². The van der Waals surface area contributed by atoms with E-state index in [9.17, 15) is 4.79 Å². The van der Waals surface area contributed by atoms with Crippen LogP contribution in [0.2, 0.25) is 0 Å². The molecule has 0 aromatic carbocycles. The van der Waals surface area contributed by atoms with E-state index in [0.29, 0.717) is 18.5 Å². The van der Waals surface area contributed by atoms with E-state index in [1.165, 1.54) is 6.42 Å². The lowest BCUT2D eigenvalue weighted by Crippen LogP contribution is -2.41. The summed E-state index contributed by atoms with van der Waals surface area (Å²) < 4.78 is 0. The SMILES string of the molecule is CCNC(=NCCNC(=O)C(C)(C)C)N1CCC(C)(C)C1. The number of hydrogen-bond acceptors (Lipinski definition) is 2. The first-order valence-electron chi connectivity index (χ1n) is 7.97. The van der Waals surface area contributed by atoms with Crippen molar-refractivity contribution >= 4 is 11.9 Å². The second-order valence-electron chi connectivity index (χ2n) is 7.58. The Kier molecular flexibility index (Phi) is 6.05. The summed E-state index contributed by atoms with van der Waals surface area (Å²) in [5.74, 6) is 1.04. The summed E-state index contributed by atoms with van der Waals surface area (Å²) in [6, 6.07) is 0. The van der Waals surface area contributed by atoms with Crippen LogP contribution in [0.4, 0.5) is 0 Å². The molecule has 5 heteroatoms. The lowest BCUT2D eigenvalue weighted by Gasteiger charge is -2.24. The first-order chi connectivity index (χ1) is 9.65. The average molecular weight is 296 g/mol. The smallest absolute Gasteiger partial charge is 0.225 e. The fraction of sp³-hybridized carbons (Fsp3) is 0.875. The van der Waals surface area contributed by atoms with Crippen LogP contribution in [-0.2, 0) is 4.79 Å². The summed E-state index contributed by atoms with van der Waals surface area (Å²) in [6.07, 6.45) is 1.19. The lowest BCUT2D eigenvalue weighted by molar-refractivity contribution is -0.128. The Balaban J connectivity index is 2.48. The first kappa shape index (κ1) is 17.8. The fourth-order valence-electron chi connectivity index (χ4n) is 2.32. The minimum absolute atomic E-state index is 0.0741. The second kappa shape index (κ2) is 7.14. The zero-order valence-electron chi connectivity index (χ0n) is 14.5. The number of carbonyl (C=O) groups is 1. The maximum absolute atomic E-state index is 11.8. The molecule has 2 N–H and O–H groups in total. The van der Waals surface area contributed by atoms with E-state index in [1.54, 1.807) is 0 Å². The van der Waals surface area contributed by atoms with Gasteiger partial charge in [-0.25, -0.2) is 0 Å². The first-order valence-corrected chi connectivity index (χ1v) is 7.97. The molecule has 0 aliphatic carbocycles. The molecule has 21 heavy (non-hydrogen) atoms. The van der Waals surface area contributed by atoms with Gasteiger partial charge >= 0.3 is 0 Å². The number of aliphatic imine (C=N–C) groups is 1. The van der Waals surface area contributed by atoms with Gasteiger partial charge in [-0.3, -0.25) is 9.79 Å². The van der Waals surface area contributed by atoms with E-state index in [2.05, 4.69) is 41.3 Å². The minimum Gasteiger partial charge on any atom is -0.357 e. The van der Waals surface area contributed by atoms with Crippen molar-refractivity contribution in [2.75, 3.05) is 32.7 Å². The van der Waals surface area contributed by atoms with Gasteiger partial charge in [0, 0.05) is 31.6 Å². The van der Waals surface area contributed by atoms with Crippen LogP contribution in [0.1, 0.15) is 48.0 Å². The molecular formula is C16H32N4O. The summed E-state index contributed by atoms with van der Waals surface area (Å²) in [7, 11) is 0. The summed E-state index contributed by atoms with van der Waals surface area (Å²) in [5.41, 5.74) is 0.0177. The van der Waals surface area contributed by atoms with Crippen LogP contribution in [0.15, 0.2) is 4.99 Å². The maximum Gasteiger partial charge on any atom is 0.225 e. The van der Waals surface area contributed by atoms with Crippen molar-refractivity contribution in [3.05, 3.63) is 0 Å². The van der Waals surface area contributed by atoms with Crippen LogP contribution in [0.3, 0.4) is 0 Å². The number of carbonyl (C=O) groups excluding carboxylic acids is 1. The van der Waals surface area contributed by atoms with Crippen LogP contribution in [-0.4, -0.2) is 49.5 Å². The number of hydrogen-bond donors (Lipinski definition) is 2. The maximum atomic E-state index is 11.8. The van der Waals surface area contributed by atoms with Crippen LogP contribution in [0.25, 0.3) is 0 Å². The van der Waals surface area contributed by atoms with Crippen molar-refractivity contribution in [2.45, 2.75) is 48.0 Å². The number of nitrogens with one attached hydrogen (secondary N) is 2. The molecule has 0 unspecified atom stereocenters. The largest absolute Gasteiger partial charge is 0.357 e. The van der Waals surface area contributed by atoms with E-state index < -0.39 is 0 Å². The molecule has 1 saturated heterocycles. The Bertz CT molecular complexity index is 382. The number of guanidine groups is 1. The second-order valence-corrected chi connectivity index (χ2v) is 7.58. The van der Waals surface area contributed by atoms with Crippen LogP contribution < -0.4 is 10.6 Å². The summed E-state index contributed by atoms with van der Waals surface area (Å²) >= 11 is 0. The van der Waals surface area contributed by atoms with Gasteiger partial charge in [0.05, 0.1) is 6.54 Å². The van der Waals surface area contributed by atoms with Crippen molar-refractivity contribution in [1.82, 2.24) is 15.5 Å². The molecule has 1 amide bonds. The van der Waals surface area contributed by atoms with E-state index in [1.807, 2.05) is 20.8 Å². The highest BCUT2D eigenvalue weighted by Gasteiger charge is 2.30. The van der Waals surface area contributed by atoms with Gasteiger partial charge in [-0.1, -0.05) is 34.6 Å². The zero-order valence-corrected chi connectivity index (χ0v) is 14.5. The Morgan fingerprint density at radius 3 is 2.43 bits per heavy atom. The molecule has 1 rings (SSSR count). The minimum atomic E-state index is -0.340. The van der Waals surface area contributed by atoms with E-state index in [4.69, 9.17) is 0 Å². The molecule has 0 saturated carbocycles. The molecule has 0 bridgehead atoms. The van der Waals surface area contributed by atoms with Crippen LogP contribution >= 0.6 is 0 Å². The quantitative estimate of drug-likeness (QED) is 0.473. The normalized spacial score (nSPS) is 18.8. The van der Waals surface area contributed by atoms with E-state index in [-0.39, 0.29) is 11.3 Å². The monoisotopic (exact) mass is 296 g/mol. The number of nitrogens with zero attached hydrogens (tertiary/aromatic N) is 2. The van der Waals surface area contributed by atoms with Gasteiger partial charge in [-0.05, 0) is 18.8 Å². The Labute approximate surface area is 129 Å². The summed E-state index contributed by atoms with van der Waals surface area (Å²) in [4.78, 5) is 18.7. The third-order valence-corrected chi connectivity index (χ3v) is 3.65. The van der Waals surface area contributed by atoms with Gasteiger partial charge in [-0.2, -0.15) is 0 Å². The molecule has 1 aliphatic rings. The number of rotatable bonds is 4. The molecule has 0 radical (unpaired) electrons. The average Bonchev–Trinajstić information content (AvgIpc) is 2.72. The molecule has 1 aliphatic heterocycles. The van der Waals surface area contributed by atoms with Gasteiger partial charge < -0.3 is 15.5 Å². The highest BCUT2D eigenvalue weighted by atomic mass is 16.2. The predicted octanol–water partition coefficient (Wildman–Crippen LogP) is 1.85. The van der Waals surface area contributed by atoms with Crippen LogP contribution in [0, 0.1) is 10.8 Å². The van der Waals surface area contributed by atoms with Gasteiger partial charge in [-0.15, -0.1) is 0 Å². The third-order valence-electron chi connectivity index (χ3n) is 3.65.